The Labute approximate surface area is 126 Å². The number of nitrogens with two attached hydrogens (primary N) is 1. The predicted molar refractivity (Wildman–Crippen MR) is 79.6 cm³/mol. The summed E-state index contributed by atoms with van der Waals surface area (Å²) >= 11 is 0. The predicted octanol–water partition coefficient (Wildman–Crippen LogP) is 0.651. The second-order valence-corrected chi connectivity index (χ2v) is 8.90. The minimum Gasteiger partial charge on any atom is -0.398 e. The molecule has 122 valence electrons. The van der Waals surface area contributed by atoms with Crippen LogP contribution in [0.1, 0.15) is 24.0 Å². The van der Waals surface area contributed by atoms with Gasteiger partial charge in [-0.25, -0.2) is 0 Å². The molecule has 0 aromatic heterocycles. The van der Waals surface area contributed by atoms with E-state index in [1.807, 2.05) is 0 Å². The van der Waals surface area contributed by atoms with Crippen molar-refractivity contribution in [2.45, 2.75) is 17.7 Å². The fraction of sp³-hybridized carbons (Fsp3) is 0.333. The summed E-state index contributed by atoms with van der Waals surface area (Å²) in [5.41, 5.74) is 5.65. The molecule has 0 unspecified atom stereocenters. The van der Waals surface area contributed by atoms with Crippen molar-refractivity contribution in [2.75, 3.05) is 6.61 Å². The van der Waals surface area contributed by atoms with E-state index in [-0.39, 0.29) is 41.8 Å². The lowest BCUT2D eigenvalue weighted by molar-refractivity contribution is 0.284. The minimum atomic E-state index is -5.31. The fourth-order valence-corrected chi connectivity index (χ4v) is 6.48. The maximum atomic E-state index is 12.1. The molecule has 0 saturated heterocycles. The normalized spacial score (nSPS) is 17.7. The Balaban J connectivity index is 2.89. The highest BCUT2D eigenvalue weighted by molar-refractivity contribution is 7.72. The number of hydrogen-bond acceptors (Lipinski definition) is 4. The lowest BCUT2D eigenvalue weighted by atomic mass is 10.1. The van der Waals surface area contributed by atoms with Crippen molar-refractivity contribution in [3.63, 3.8) is 0 Å². The Hall–Kier alpha value is -0.980. The Morgan fingerprint density at radius 1 is 1.05 bits per heavy atom. The number of aliphatic hydroxyl groups is 1. The van der Waals surface area contributed by atoms with Gasteiger partial charge in [-0.2, -0.15) is 0 Å². The standard InChI is InChI=1S/C12H17NO7P2/c13-11-8-4-1-2-5-9(8)12(21(15,16)17,22(18,19)20)10(11)6-3-7-14/h1-2,4-5,14H,3,6-7,13H2,(H2,15,16,17)(H2,18,19,20). The maximum absolute atomic E-state index is 12.1. The Bertz CT molecular complexity index is 696. The SMILES string of the molecule is NC1=C(CCCO)C(P(=O)(O)O)(P(=O)(O)O)c2ccccc21. The van der Waals surface area contributed by atoms with Crippen LogP contribution in [0.3, 0.4) is 0 Å². The van der Waals surface area contributed by atoms with Crippen LogP contribution in [0, 0.1) is 0 Å². The number of benzene rings is 1. The number of hydrogen-bond donors (Lipinski definition) is 6. The zero-order valence-electron chi connectivity index (χ0n) is 11.5. The molecule has 0 fully saturated rings. The van der Waals surface area contributed by atoms with E-state index in [4.69, 9.17) is 10.8 Å². The highest BCUT2D eigenvalue weighted by Crippen LogP contribution is 2.80. The maximum Gasteiger partial charge on any atom is 0.352 e. The molecule has 0 bridgehead atoms. The average molecular weight is 349 g/mol. The van der Waals surface area contributed by atoms with Gasteiger partial charge in [0.05, 0.1) is 0 Å². The van der Waals surface area contributed by atoms with Gasteiger partial charge in [-0.15, -0.1) is 0 Å². The van der Waals surface area contributed by atoms with Crippen molar-refractivity contribution in [2.24, 2.45) is 5.73 Å². The van der Waals surface area contributed by atoms with E-state index in [1.165, 1.54) is 18.2 Å². The first-order valence-corrected chi connectivity index (χ1v) is 9.62. The smallest absolute Gasteiger partial charge is 0.352 e. The molecular formula is C12H17NO7P2. The van der Waals surface area contributed by atoms with Gasteiger partial charge >= 0.3 is 15.2 Å². The molecule has 0 amide bonds. The quantitative estimate of drug-likeness (QED) is 0.422. The van der Waals surface area contributed by atoms with Crippen LogP contribution in [0.4, 0.5) is 0 Å². The first-order valence-electron chi connectivity index (χ1n) is 6.40. The van der Waals surface area contributed by atoms with Crippen LogP contribution in [0.5, 0.6) is 0 Å². The molecule has 0 spiro atoms. The van der Waals surface area contributed by atoms with Crippen molar-refractivity contribution in [3.8, 4) is 0 Å². The molecule has 0 atom stereocenters. The van der Waals surface area contributed by atoms with Gasteiger partial charge in [-0.3, -0.25) is 9.13 Å². The monoisotopic (exact) mass is 349 g/mol. The summed E-state index contributed by atoms with van der Waals surface area (Å²) in [7, 11) is -10.6. The van der Waals surface area contributed by atoms with Crippen LogP contribution in [-0.2, 0) is 14.0 Å². The molecule has 2 rings (SSSR count). The van der Waals surface area contributed by atoms with Crippen molar-refractivity contribution in [1.82, 2.24) is 0 Å². The van der Waals surface area contributed by atoms with E-state index >= 15 is 0 Å². The molecule has 0 radical (unpaired) electrons. The molecule has 0 saturated carbocycles. The molecule has 1 aromatic rings. The van der Waals surface area contributed by atoms with Gasteiger partial charge in [0, 0.05) is 17.9 Å². The topological polar surface area (TPSA) is 161 Å². The zero-order chi connectivity index (χ0) is 16.8. The molecule has 10 heteroatoms. The first kappa shape index (κ1) is 17.4. The van der Waals surface area contributed by atoms with Gasteiger partial charge in [-0.05, 0) is 24.0 Å². The lowest BCUT2D eigenvalue weighted by Crippen LogP contribution is -2.27. The largest absolute Gasteiger partial charge is 0.398 e. The molecule has 1 aliphatic carbocycles. The van der Waals surface area contributed by atoms with Crippen LogP contribution >= 0.6 is 15.2 Å². The van der Waals surface area contributed by atoms with Crippen LogP contribution in [0.15, 0.2) is 29.8 Å². The van der Waals surface area contributed by atoms with Gasteiger partial charge in [0.15, 0.2) is 0 Å². The van der Waals surface area contributed by atoms with Crippen LogP contribution in [-0.4, -0.2) is 31.3 Å². The molecule has 22 heavy (non-hydrogen) atoms. The second-order valence-electron chi connectivity index (χ2n) is 5.03. The van der Waals surface area contributed by atoms with Crippen molar-refractivity contribution in [3.05, 3.63) is 41.0 Å². The molecule has 1 aliphatic rings. The minimum absolute atomic E-state index is 0.0595. The summed E-state index contributed by atoms with van der Waals surface area (Å²) < 4.78 is 24.3. The summed E-state index contributed by atoms with van der Waals surface area (Å²) in [6.45, 7) is -0.300. The van der Waals surface area contributed by atoms with Gasteiger partial charge < -0.3 is 30.4 Å². The van der Waals surface area contributed by atoms with Crippen LogP contribution < -0.4 is 5.73 Å². The van der Waals surface area contributed by atoms with Crippen molar-refractivity contribution in [1.29, 1.82) is 0 Å². The number of fused-ring (bicyclic) bond motifs is 1. The van der Waals surface area contributed by atoms with E-state index in [0.29, 0.717) is 0 Å². The number of allylic oxidation sites excluding steroid dienone is 1. The summed E-state index contributed by atoms with van der Waals surface area (Å²) in [6.07, 6.45) is -0.0565. The van der Waals surface area contributed by atoms with Gasteiger partial charge in [0.2, 0.25) is 4.90 Å². The molecule has 0 heterocycles. The summed E-state index contributed by atoms with van der Waals surface area (Å²) in [5, 5.41) is 8.95. The van der Waals surface area contributed by atoms with Gasteiger partial charge in [0.25, 0.3) is 0 Å². The number of rotatable bonds is 5. The first-order chi connectivity index (χ1) is 10.1. The summed E-state index contributed by atoms with van der Waals surface area (Å²) in [5.74, 6) is 0. The zero-order valence-corrected chi connectivity index (χ0v) is 13.2. The van der Waals surface area contributed by atoms with E-state index in [1.54, 1.807) is 6.07 Å². The van der Waals surface area contributed by atoms with Crippen molar-refractivity contribution < 1.29 is 33.8 Å². The molecule has 7 N–H and O–H groups in total. The summed E-state index contributed by atoms with van der Waals surface area (Å²) in [6, 6.07) is 5.70. The van der Waals surface area contributed by atoms with Crippen LogP contribution in [0.2, 0.25) is 0 Å². The van der Waals surface area contributed by atoms with E-state index < -0.39 is 20.1 Å². The van der Waals surface area contributed by atoms with E-state index in [9.17, 15) is 28.7 Å². The Morgan fingerprint density at radius 3 is 2.09 bits per heavy atom. The highest BCUT2D eigenvalue weighted by Gasteiger charge is 2.67. The van der Waals surface area contributed by atoms with Gasteiger partial charge in [-0.1, -0.05) is 24.3 Å². The summed E-state index contributed by atoms with van der Waals surface area (Å²) in [4.78, 5) is 36.4. The molecule has 8 nitrogen and oxygen atoms in total. The molecular weight excluding hydrogens is 332 g/mol. The van der Waals surface area contributed by atoms with Crippen molar-refractivity contribution >= 4 is 20.9 Å². The average Bonchev–Trinajstić information content (AvgIpc) is 2.66. The second kappa shape index (κ2) is 5.58. The van der Waals surface area contributed by atoms with Crippen LogP contribution in [0.25, 0.3) is 5.70 Å². The third kappa shape index (κ3) is 2.28. The Kier molecular flexibility index (Phi) is 4.41. The molecule has 1 aromatic carbocycles. The third-order valence-corrected chi connectivity index (χ3v) is 8.04. The number of aliphatic hydroxyl groups excluding tert-OH is 1. The highest BCUT2D eigenvalue weighted by atomic mass is 31.2. The molecule has 0 aliphatic heterocycles. The van der Waals surface area contributed by atoms with E-state index in [0.717, 1.165) is 0 Å². The lowest BCUT2D eigenvalue weighted by Gasteiger charge is -2.34. The Morgan fingerprint density at radius 2 is 1.59 bits per heavy atom. The van der Waals surface area contributed by atoms with E-state index in [2.05, 4.69) is 0 Å². The third-order valence-electron chi connectivity index (χ3n) is 3.77. The van der Waals surface area contributed by atoms with Gasteiger partial charge in [0.1, 0.15) is 0 Å². The fourth-order valence-electron chi connectivity index (χ4n) is 2.93.